The molecule has 0 saturated carbocycles. The Hall–Kier alpha value is -6.39. The molecule has 2 heterocycles. The van der Waals surface area contributed by atoms with Crippen molar-refractivity contribution in [1.29, 1.82) is 0 Å². The van der Waals surface area contributed by atoms with Gasteiger partial charge in [0.1, 0.15) is 11.5 Å². The molecule has 3 atom stereocenters. The van der Waals surface area contributed by atoms with Gasteiger partial charge in [0.05, 0.1) is 11.0 Å². The van der Waals surface area contributed by atoms with Crippen molar-refractivity contribution in [2.75, 3.05) is 0 Å². The summed E-state index contributed by atoms with van der Waals surface area (Å²) in [6.45, 7) is 0. The molecule has 10 rings (SSSR count). The topological polar surface area (TPSA) is 47.9 Å². The fourth-order valence-electron chi connectivity index (χ4n) is 8.37. The molecule has 236 valence electrons. The van der Waals surface area contributed by atoms with Gasteiger partial charge in [0.25, 0.3) is 0 Å². The van der Waals surface area contributed by atoms with Crippen molar-refractivity contribution in [2.24, 2.45) is 5.92 Å². The van der Waals surface area contributed by atoms with Gasteiger partial charge in [-0.05, 0) is 40.5 Å². The first-order valence-electron chi connectivity index (χ1n) is 17.1. The minimum Gasteiger partial charge on any atom is -0.456 e. The number of hydrogen-bond acceptors (Lipinski definition) is 4. The fourth-order valence-corrected chi connectivity index (χ4v) is 8.37. The summed E-state index contributed by atoms with van der Waals surface area (Å²) in [5.41, 5.74) is 9.47. The molecule has 4 heteroatoms. The van der Waals surface area contributed by atoms with Crippen LogP contribution in [0.2, 0.25) is 0 Å². The second kappa shape index (κ2) is 11.4. The van der Waals surface area contributed by atoms with E-state index in [-0.39, 0.29) is 11.8 Å². The van der Waals surface area contributed by atoms with Crippen molar-refractivity contribution in [1.82, 2.24) is 15.0 Å². The Morgan fingerprint density at radius 3 is 1.90 bits per heavy atom. The Morgan fingerprint density at radius 2 is 1.06 bits per heavy atom. The Balaban J connectivity index is 1.22. The van der Waals surface area contributed by atoms with Gasteiger partial charge in [-0.3, -0.25) is 0 Å². The van der Waals surface area contributed by atoms with Gasteiger partial charge in [0.2, 0.25) is 0 Å². The number of ether oxygens (including phenoxy) is 1. The van der Waals surface area contributed by atoms with E-state index in [1.807, 2.05) is 36.4 Å². The SMILES string of the molecule is C1=CC2c3ccccc3C3(c4ccccc4Oc4c(-c5nc(-c6ccccc6)nc(-c6cccc(-c7ccccc7)c6)n5)cccc43)C2C=C1. The molecule has 50 heavy (non-hydrogen) atoms. The van der Waals surface area contributed by atoms with E-state index in [4.69, 9.17) is 19.7 Å². The van der Waals surface area contributed by atoms with Gasteiger partial charge in [0.15, 0.2) is 17.5 Å². The van der Waals surface area contributed by atoms with Crippen LogP contribution in [0.1, 0.15) is 28.2 Å². The molecule has 4 nitrogen and oxygen atoms in total. The summed E-state index contributed by atoms with van der Waals surface area (Å²) in [6.07, 6.45) is 9.12. The van der Waals surface area contributed by atoms with E-state index < -0.39 is 5.41 Å². The Bertz CT molecular complexity index is 2490. The van der Waals surface area contributed by atoms with Crippen LogP contribution in [0, 0.1) is 5.92 Å². The maximum absolute atomic E-state index is 6.97. The van der Waals surface area contributed by atoms with E-state index in [0.717, 1.165) is 44.9 Å². The lowest BCUT2D eigenvalue weighted by molar-refractivity contribution is 0.375. The zero-order chi connectivity index (χ0) is 33.1. The average Bonchev–Trinajstić information content (AvgIpc) is 3.49. The number of para-hydroxylation sites is 2. The van der Waals surface area contributed by atoms with Gasteiger partial charge in [-0.25, -0.2) is 15.0 Å². The number of aromatic nitrogens is 3. The smallest absolute Gasteiger partial charge is 0.167 e. The summed E-state index contributed by atoms with van der Waals surface area (Å²) < 4.78 is 6.97. The number of rotatable bonds is 4. The van der Waals surface area contributed by atoms with Crippen LogP contribution in [0.15, 0.2) is 176 Å². The lowest BCUT2D eigenvalue weighted by Crippen LogP contribution is -2.37. The van der Waals surface area contributed by atoms with Crippen molar-refractivity contribution in [2.45, 2.75) is 11.3 Å². The fraction of sp³-hybridized carbons (Fsp3) is 0.0652. The highest BCUT2D eigenvalue weighted by Crippen LogP contribution is 2.65. The van der Waals surface area contributed by atoms with Gasteiger partial charge < -0.3 is 4.74 Å². The van der Waals surface area contributed by atoms with Crippen LogP contribution in [-0.4, -0.2) is 15.0 Å². The highest BCUT2D eigenvalue weighted by Gasteiger charge is 2.56. The first kappa shape index (κ1) is 28.6. The molecule has 1 spiro atoms. The van der Waals surface area contributed by atoms with Crippen molar-refractivity contribution >= 4 is 0 Å². The van der Waals surface area contributed by atoms with E-state index >= 15 is 0 Å². The quantitative estimate of drug-likeness (QED) is 0.192. The Morgan fingerprint density at radius 1 is 0.460 bits per heavy atom. The summed E-state index contributed by atoms with van der Waals surface area (Å²) in [6, 6.07) is 52.9. The molecule has 0 bridgehead atoms. The van der Waals surface area contributed by atoms with E-state index in [0.29, 0.717) is 17.5 Å². The Kier molecular flexibility index (Phi) is 6.50. The number of hydrogen-bond donors (Lipinski definition) is 0. The maximum Gasteiger partial charge on any atom is 0.167 e. The number of allylic oxidation sites excluding steroid dienone is 4. The van der Waals surface area contributed by atoms with Crippen molar-refractivity contribution in [3.8, 4) is 56.8 Å². The molecule has 6 aromatic carbocycles. The molecule has 3 aliphatic rings. The lowest BCUT2D eigenvalue weighted by Gasteiger charge is -2.43. The highest BCUT2D eigenvalue weighted by atomic mass is 16.5. The third kappa shape index (κ3) is 4.28. The monoisotopic (exact) mass is 641 g/mol. The standard InChI is InChI=1S/C46H31N3O/c1-3-15-30(16-4-1)32-19-13-20-33(29-32)44-47-43(31-17-5-2-6-18-31)48-45(49-44)36-23-14-27-40-42(36)50-41-28-12-11-26-39(41)46(40)37-24-9-7-21-34(37)35-22-8-10-25-38(35)46/h1-29,34,37H. The summed E-state index contributed by atoms with van der Waals surface area (Å²) in [5, 5.41) is 0. The largest absolute Gasteiger partial charge is 0.456 e. The summed E-state index contributed by atoms with van der Waals surface area (Å²) >= 11 is 0. The molecule has 0 amide bonds. The average molecular weight is 642 g/mol. The minimum absolute atomic E-state index is 0.179. The highest BCUT2D eigenvalue weighted by molar-refractivity contribution is 5.79. The van der Waals surface area contributed by atoms with Crippen LogP contribution in [0.4, 0.5) is 0 Å². The zero-order valence-electron chi connectivity index (χ0n) is 27.1. The van der Waals surface area contributed by atoms with Gasteiger partial charge in [0, 0.05) is 34.1 Å². The van der Waals surface area contributed by atoms with Crippen LogP contribution in [-0.2, 0) is 5.41 Å². The van der Waals surface area contributed by atoms with Crippen LogP contribution in [0.3, 0.4) is 0 Å². The zero-order valence-corrected chi connectivity index (χ0v) is 27.1. The Labute approximate surface area is 291 Å². The van der Waals surface area contributed by atoms with Gasteiger partial charge in [-0.15, -0.1) is 0 Å². The molecule has 2 aliphatic carbocycles. The lowest BCUT2D eigenvalue weighted by atomic mass is 9.61. The summed E-state index contributed by atoms with van der Waals surface area (Å²) in [7, 11) is 0. The number of benzene rings is 6. The van der Waals surface area contributed by atoms with Crippen LogP contribution < -0.4 is 4.74 Å². The number of fused-ring (bicyclic) bond motifs is 9. The summed E-state index contributed by atoms with van der Waals surface area (Å²) in [4.78, 5) is 15.4. The van der Waals surface area contributed by atoms with Crippen molar-refractivity contribution in [3.63, 3.8) is 0 Å². The van der Waals surface area contributed by atoms with Gasteiger partial charge in [-0.1, -0.05) is 158 Å². The van der Waals surface area contributed by atoms with E-state index in [1.54, 1.807) is 0 Å². The molecule has 3 unspecified atom stereocenters. The van der Waals surface area contributed by atoms with Gasteiger partial charge >= 0.3 is 0 Å². The van der Waals surface area contributed by atoms with E-state index in [2.05, 4.69) is 140 Å². The van der Waals surface area contributed by atoms with Crippen LogP contribution in [0.25, 0.3) is 45.3 Å². The van der Waals surface area contributed by atoms with Crippen molar-refractivity contribution < 1.29 is 4.74 Å². The predicted octanol–water partition coefficient (Wildman–Crippen LogP) is 10.8. The van der Waals surface area contributed by atoms with E-state index in [9.17, 15) is 0 Å². The third-order valence-electron chi connectivity index (χ3n) is 10.5. The first-order chi connectivity index (χ1) is 24.8. The molecule has 0 saturated heterocycles. The van der Waals surface area contributed by atoms with Crippen LogP contribution in [0.5, 0.6) is 11.5 Å². The second-order valence-corrected chi connectivity index (χ2v) is 13.1. The van der Waals surface area contributed by atoms with E-state index in [1.165, 1.54) is 16.7 Å². The maximum atomic E-state index is 6.97. The van der Waals surface area contributed by atoms with Crippen molar-refractivity contribution in [3.05, 3.63) is 198 Å². The molecular weight excluding hydrogens is 611 g/mol. The minimum atomic E-state index is -0.454. The van der Waals surface area contributed by atoms with Gasteiger partial charge in [-0.2, -0.15) is 0 Å². The molecule has 7 aromatic rings. The molecule has 0 N–H and O–H groups in total. The molecule has 1 aliphatic heterocycles. The van der Waals surface area contributed by atoms with Crippen LogP contribution >= 0.6 is 0 Å². The normalized spacial score (nSPS) is 19.3. The third-order valence-corrected chi connectivity index (χ3v) is 10.5. The summed E-state index contributed by atoms with van der Waals surface area (Å²) in [5.74, 6) is 3.89. The number of nitrogens with zero attached hydrogens (tertiary/aromatic N) is 3. The second-order valence-electron chi connectivity index (χ2n) is 13.1. The molecule has 0 fully saturated rings. The first-order valence-corrected chi connectivity index (χ1v) is 17.1. The predicted molar refractivity (Wildman–Crippen MR) is 199 cm³/mol. The molecule has 1 aromatic heterocycles. The molecule has 0 radical (unpaired) electrons. The molecular formula is C46H31N3O.